The fraction of sp³-hybridized carbons (Fsp3) is 0.318. The average Bonchev–Trinajstić information content (AvgIpc) is 3.07. The number of methoxy groups -OCH3 is 1. The molecule has 10 heteroatoms. The molecule has 1 atom stereocenters. The molecule has 170 valence electrons. The zero-order chi connectivity index (χ0) is 23.5. The molecule has 3 rings (SSSR count). The number of carbonyl (C=O) groups is 3. The van der Waals surface area contributed by atoms with Crippen molar-refractivity contribution >= 4 is 28.8 Å². The van der Waals surface area contributed by atoms with Gasteiger partial charge in [0.05, 0.1) is 23.5 Å². The Hall–Kier alpha value is -3.01. The van der Waals surface area contributed by atoms with Gasteiger partial charge in [-0.3, -0.25) is 19.7 Å². The van der Waals surface area contributed by atoms with Crippen molar-refractivity contribution < 1.29 is 32.3 Å². The largest absolute Gasteiger partial charge is 0.496 e. The van der Waals surface area contributed by atoms with E-state index in [1.165, 1.54) is 24.1 Å². The molecule has 6 nitrogen and oxygen atoms in total. The summed E-state index contributed by atoms with van der Waals surface area (Å²) in [6.07, 6.45) is -4.16. The van der Waals surface area contributed by atoms with Crippen molar-refractivity contribution in [3.8, 4) is 5.75 Å². The number of nitrogens with one attached hydrogen (secondary N) is 1. The van der Waals surface area contributed by atoms with Crippen LogP contribution in [0.2, 0.25) is 0 Å². The SMILES string of the molecule is CCN(Cc1ccc(C(F)(F)F)cc1)C(=O)c1cc(CC2SC(=O)NC2=O)ccc1OC. The number of rotatable bonds is 7. The summed E-state index contributed by atoms with van der Waals surface area (Å²) in [4.78, 5) is 38.0. The third-order valence-electron chi connectivity index (χ3n) is 5.01. The summed E-state index contributed by atoms with van der Waals surface area (Å²) in [6.45, 7) is 2.21. The maximum absolute atomic E-state index is 13.2. The molecule has 0 saturated carbocycles. The highest BCUT2D eigenvalue weighted by Gasteiger charge is 2.32. The zero-order valence-corrected chi connectivity index (χ0v) is 18.2. The number of halogens is 3. The van der Waals surface area contributed by atoms with Gasteiger partial charge in [-0.05, 0) is 48.7 Å². The molecule has 1 aliphatic rings. The predicted molar refractivity (Wildman–Crippen MR) is 113 cm³/mol. The highest BCUT2D eigenvalue weighted by Crippen LogP contribution is 2.30. The van der Waals surface area contributed by atoms with Gasteiger partial charge in [0.2, 0.25) is 5.91 Å². The molecular formula is C22H21F3N2O4S. The average molecular weight is 466 g/mol. The minimum Gasteiger partial charge on any atom is -0.496 e. The van der Waals surface area contributed by atoms with E-state index in [1.807, 2.05) is 0 Å². The van der Waals surface area contributed by atoms with Gasteiger partial charge >= 0.3 is 6.18 Å². The second-order valence-corrected chi connectivity index (χ2v) is 8.31. The van der Waals surface area contributed by atoms with Crippen LogP contribution in [0.15, 0.2) is 42.5 Å². The molecule has 1 heterocycles. The molecule has 2 aromatic rings. The summed E-state index contributed by atoms with van der Waals surface area (Å²) < 4.78 is 43.7. The Bertz CT molecular complexity index is 1020. The fourth-order valence-corrected chi connectivity index (χ4v) is 4.17. The Morgan fingerprint density at radius 1 is 1.12 bits per heavy atom. The number of benzene rings is 2. The molecule has 1 unspecified atom stereocenters. The van der Waals surface area contributed by atoms with Crippen LogP contribution in [-0.2, 0) is 23.9 Å². The van der Waals surface area contributed by atoms with Gasteiger partial charge in [-0.15, -0.1) is 0 Å². The summed E-state index contributed by atoms with van der Waals surface area (Å²) in [5.41, 5.74) is 0.758. The van der Waals surface area contributed by atoms with E-state index in [4.69, 9.17) is 4.74 Å². The highest BCUT2D eigenvalue weighted by atomic mass is 32.2. The number of ether oxygens (including phenoxy) is 1. The first kappa shape index (κ1) is 23.6. The van der Waals surface area contributed by atoms with Gasteiger partial charge in [-0.1, -0.05) is 30.0 Å². The van der Waals surface area contributed by atoms with E-state index >= 15 is 0 Å². The van der Waals surface area contributed by atoms with Crippen LogP contribution in [0.3, 0.4) is 0 Å². The first-order chi connectivity index (χ1) is 15.1. The van der Waals surface area contributed by atoms with Crippen LogP contribution >= 0.6 is 11.8 Å². The van der Waals surface area contributed by atoms with Crippen LogP contribution in [0.25, 0.3) is 0 Å². The molecule has 1 fully saturated rings. The monoisotopic (exact) mass is 466 g/mol. The highest BCUT2D eigenvalue weighted by molar-refractivity contribution is 8.15. The molecule has 32 heavy (non-hydrogen) atoms. The van der Waals surface area contributed by atoms with Crippen molar-refractivity contribution in [3.63, 3.8) is 0 Å². The molecule has 0 aliphatic carbocycles. The maximum atomic E-state index is 13.2. The Labute approximate surface area is 187 Å². The molecule has 2 aromatic carbocycles. The lowest BCUT2D eigenvalue weighted by atomic mass is 10.0. The van der Waals surface area contributed by atoms with Crippen molar-refractivity contribution in [2.75, 3.05) is 13.7 Å². The fourth-order valence-electron chi connectivity index (χ4n) is 3.31. The molecule has 0 bridgehead atoms. The molecule has 1 N–H and O–H groups in total. The van der Waals surface area contributed by atoms with E-state index in [0.29, 0.717) is 23.4 Å². The van der Waals surface area contributed by atoms with E-state index in [9.17, 15) is 27.6 Å². The van der Waals surface area contributed by atoms with E-state index < -0.39 is 22.2 Å². The number of amides is 3. The zero-order valence-electron chi connectivity index (χ0n) is 17.4. The second-order valence-electron chi connectivity index (χ2n) is 7.14. The van der Waals surface area contributed by atoms with E-state index in [1.54, 1.807) is 25.1 Å². The van der Waals surface area contributed by atoms with Crippen molar-refractivity contribution in [2.45, 2.75) is 31.3 Å². The number of hydrogen-bond donors (Lipinski definition) is 1. The van der Waals surface area contributed by atoms with Crippen LogP contribution in [0, 0.1) is 0 Å². The molecular weight excluding hydrogens is 445 g/mol. The Balaban J connectivity index is 1.80. The molecule has 0 aromatic heterocycles. The van der Waals surface area contributed by atoms with Crippen molar-refractivity contribution in [1.82, 2.24) is 10.2 Å². The van der Waals surface area contributed by atoms with E-state index in [0.717, 1.165) is 23.9 Å². The third kappa shape index (κ3) is 5.42. The third-order valence-corrected chi connectivity index (χ3v) is 5.99. The van der Waals surface area contributed by atoms with Gasteiger partial charge in [-0.2, -0.15) is 13.2 Å². The van der Waals surface area contributed by atoms with Gasteiger partial charge in [0, 0.05) is 13.1 Å². The Morgan fingerprint density at radius 3 is 2.31 bits per heavy atom. The predicted octanol–water partition coefficient (Wildman–Crippen LogP) is 4.27. The van der Waals surface area contributed by atoms with Crippen molar-refractivity contribution in [1.29, 1.82) is 0 Å². The quantitative estimate of drug-likeness (QED) is 0.660. The Kier molecular flexibility index (Phi) is 7.12. The first-order valence-corrected chi connectivity index (χ1v) is 10.6. The van der Waals surface area contributed by atoms with Gasteiger partial charge < -0.3 is 9.64 Å². The molecule has 1 aliphatic heterocycles. The normalized spacial score (nSPS) is 16.1. The van der Waals surface area contributed by atoms with Crippen LogP contribution in [0.5, 0.6) is 5.75 Å². The molecule has 0 spiro atoms. The first-order valence-electron chi connectivity index (χ1n) is 9.76. The van der Waals surface area contributed by atoms with Gasteiger partial charge in [0.1, 0.15) is 5.75 Å². The number of carbonyl (C=O) groups excluding carboxylic acids is 3. The van der Waals surface area contributed by atoms with Crippen molar-refractivity contribution in [3.05, 3.63) is 64.7 Å². The minimum atomic E-state index is -4.42. The number of imide groups is 1. The lowest BCUT2D eigenvalue weighted by Crippen LogP contribution is -2.31. The van der Waals surface area contributed by atoms with Crippen LogP contribution in [0.4, 0.5) is 18.0 Å². The van der Waals surface area contributed by atoms with Crippen LogP contribution in [0.1, 0.15) is 34.0 Å². The summed E-state index contributed by atoms with van der Waals surface area (Å²) >= 11 is 0.902. The Morgan fingerprint density at radius 2 is 1.78 bits per heavy atom. The van der Waals surface area contributed by atoms with Gasteiger partial charge in [-0.25, -0.2) is 0 Å². The van der Waals surface area contributed by atoms with Gasteiger partial charge in [0.25, 0.3) is 11.1 Å². The number of hydrogen-bond acceptors (Lipinski definition) is 5. The molecule has 0 radical (unpaired) electrons. The van der Waals surface area contributed by atoms with Crippen LogP contribution < -0.4 is 10.1 Å². The molecule has 3 amide bonds. The number of alkyl halides is 3. The number of thioether (sulfide) groups is 1. The van der Waals surface area contributed by atoms with Gasteiger partial charge in [0.15, 0.2) is 0 Å². The lowest BCUT2D eigenvalue weighted by Gasteiger charge is -2.23. The van der Waals surface area contributed by atoms with Crippen molar-refractivity contribution in [2.24, 2.45) is 0 Å². The number of nitrogens with zero attached hydrogens (tertiary/aromatic N) is 1. The van der Waals surface area contributed by atoms with E-state index in [2.05, 4.69) is 5.32 Å². The smallest absolute Gasteiger partial charge is 0.416 e. The maximum Gasteiger partial charge on any atom is 0.416 e. The van der Waals surface area contributed by atoms with E-state index in [-0.39, 0.29) is 30.3 Å². The topological polar surface area (TPSA) is 75.7 Å². The van der Waals surface area contributed by atoms with Crippen LogP contribution in [-0.4, -0.2) is 40.9 Å². The second kappa shape index (κ2) is 9.64. The summed E-state index contributed by atoms with van der Waals surface area (Å²) in [7, 11) is 1.43. The standard InChI is InChI=1S/C22H21F3N2O4S/c1-3-27(12-13-4-7-15(8-5-13)22(23,24)25)20(29)16-10-14(6-9-17(16)31-2)11-18-19(28)26-21(30)32-18/h4-10,18H,3,11-12H2,1-2H3,(H,26,28,30). The summed E-state index contributed by atoms with van der Waals surface area (Å²) in [5, 5.41) is 1.25. The minimum absolute atomic E-state index is 0.121. The summed E-state index contributed by atoms with van der Waals surface area (Å²) in [6, 6.07) is 9.62. The lowest BCUT2D eigenvalue weighted by molar-refractivity contribution is -0.137. The molecule has 1 saturated heterocycles. The summed E-state index contributed by atoms with van der Waals surface area (Å²) in [5.74, 6) is -0.392.